The predicted molar refractivity (Wildman–Crippen MR) is 79.0 cm³/mol. The van der Waals surface area contributed by atoms with Crippen molar-refractivity contribution in [3.63, 3.8) is 0 Å². The van der Waals surface area contributed by atoms with Crippen molar-refractivity contribution < 1.29 is 17.6 Å². The Morgan fingerprint density at radius 3 is 2.48 bits per heavy atom. The number of hydrogen-bond donors (Lipinski definition) is 3. The van der Waals surface area contributed by atoms with Crippen LogP contribution in [-0.2, 0) is 14.8 Å². The van der Waals surface area contributed by atoms with Gasteiger partial charge in [0, 0.05) is 31.7 Å². The van der Waals surface area contributed by atoms with Gasteiger partial charge in [-0.25, -0.2) is 17.5 Å². The average Bonchev–Trinajstić information content (AvgIpc) is 2.33. The number of sulfonamides is 1. The van der Waals surface area contributed by atoms with Crippen LogP contribution in [0.25, 0.3) is 0 Å². The Kier molecular flexibility index (Phi) is 6.25. The third-order valence-corrected chi connectivity index (χ3v) is 4.01. The van der Waals surface area contributed by atoms with E-state index in [1.54, 1.807) is 0 Å². The lowest BCUT2D eigenvalue weighted by molar-refractivity contribution is -0.114. The molecule has 0 fully saturated rings. The molecule has 1 rings (SSSR count). The Labute approximate surface area is 124 Å². The number of carbonyl (C=O) groups is 1. The Morgan fingerprint density at radius 1 is 1.29 bits per heavy atom. The van der Waals surface area contributed by atoms with E-state index in [0.29, 0.717) is 6.54 Å². The zero-order chi connectivity index (χ0) is 16.0. The highest BCUT2D eigenvalue weighted by Crippen LogP contribution is 2.18. The molecule has 0 heterocycles. The van der Waals surface area contributed by atoms with Crippen LogP contribution in [0.2, 0.25) is 0 Å². The summed E-state index contributed by atoms with van der Waals surface area (Å²) in [5, 5.41) is 5.43. The zero-order valence-corrected chi connectivity index (χ0v) is 13.1. The fourth-order valence-corrected chi connectivity index (χ4v) is 2.71. The van der Waals surface area contributed by atoms with Crippen LogP contribution >= 0.6 is 0 Å². The van der Waals surface area contributed by atoms with Crippen LogP contribution in [0, 0.1) is 5.82 Å². The van der Waals surface area contributed by atoms with Crippen molar-refractivity contribution in [3.05, 3.63) is 24.0 Å². The monoisotopic (exact) mass is 317 g/mol. The summed E-state index contributed by atoms with van der Waals surface area (Å²) >= 11 is 0. The van der Waals surface area contributed by atoms with Crippen LogP contribution < -0.4 is 15.4 Å². The quantitative estimate of drug-likeness (QED) is 0.656. The molecule has 0 aliphatic rings. The number of rotatable bonds is 7. The fourth-order valence-electron chi connectivity index (χ4n) is 1.62. The maximum absolute atomic E-state index is 13.8. The summed E-state index contributed by atoms with van der Waals surface area (Å²) in [5.74, 6) is -1.27. The average molecular weight is 317 g/mol. The topological polar surface area (TPSA) is 87.3 Å². The number of carbonyl (C=O) groups excluding carboxylic acids is 1. The molecule has 0 unspecified atom stereocenters. The molecular weight excluding hydrogens is 297 g/mol. The molecule has 8 heteroatoms. The van der Waals surface area contributed by atoms with Crippen molar-refractivity contribution in [1.29, 1.82) is 0 Å². The highest BCUT2D eigenvalue weighted by atomic mass is 32.2. The number of nitrogens with one attached hydrogen (secondary N) is 3. The lowest BCUT2D eigenvalue weighted by Gasteiger charge is -2.11. The van der Waals surface area contributed by atoms with Crippen molar-refractivity contribution in [2.45, 2.75) is 31.7 Å². The SMILES string of the molecule is CC(=O)Nc1ccc(S(=O)(=O)NCCNC(C)C)c(F)c1. The van der Waals surface area contributed by atoms with Gasteiger partial charge in [-0.15, -0.1) is 0 Å². The second-order valence-electron chi connectivity index (χ2n) is 4.83. The summed E-state index contributed by atoms with van der Waals surface area (Å²) in [5.41, 5.74) is 0.209. The minimum atomic E-state index is -3.91. The van der Waals surface area contributed by atoms with Gasteiger partial charge in [-0.05, 0) is 18.2 Å². The first-order chi connectivity index (χ1) is 9.72. The van der Waals surface area contributed by atoms with Crippen molar-refractivity contribution in [2.24, 2.45) is 0 Å². The number of halogens is 1. The van der Waals surface area contributed by atoms with E-state index in [4.69, 9.17) is 0 Å². The molecule has 0 aliphatic carbocycles. The minimum absolute atomic E-state index is 0.160. The lowest BCUT2D eigenvalue weighted by Crippen LogP contribution is -2.34. The van der Waals surface area contributed by atoms with E-state index >= 15 is 0 Å². The summed E-state index contributed by atoms with van der Waals surface area (Å²) in [6.45, 7) is 5.77. The van der Waals surface area contributed by atoms with Gasteiger partial charge in [0.15, 0.2) is 0 Å². The molecule has 0 aliphatic heterocycles. The van der Waals surface area contributed by atoms with Crippen LogP contribution in [0.4, 0.5) is 10.1 Å². The van der Waals surface area contributed by atoms with Crippen LogP contribution in [0.3, 0.4) is 0 Å². The second kappa shape index (κ2) is 7.48. The molecular formula is C13H20FN3O3S. The predicted octanol–water partition coefficient (Wildman–Crippen LogP) is 1.06. The Morgan fingerprint density at radius 2 is 1.95 bits per heavy atom. The minimum Gasteiger partial charge on any atom is -0.326 e. The van der Waals surface area contributed by atoms with Crippen LogP contribution in [-0.4, -0.2) is 33.5 Å². The van der Waals surface area contributed by atoms with Crippen LogP contribution in [0.1, 0.15) is 20.8 Å². The summed E-state index contributed by atoms with van der Waals surface area (Å²) < 4.78 is 40.1. The molecule has 21 heavy (non-hydrogen) atoms. The van der Waals surface area contributed by atoms with E-state index in [0.717, 1.165) is 12.1 Å². The van der Waals surface area contributed by atoms with E-state index in [1.165, 1.54) is 13.0 Å². The lowest BCUT2D eigenvalue weighted by atomic mass is 10.3. The van der Waals surface area contributed by atoms with Crippen molar-refractivity contribution >= 4 is 21.6 Å². The first-order valence-corrected chi connectivity index (χ1v) is 8.01. The van der Waals surface area contributed by atoms with E-state index in [-0.39, 0.29) is 24.2 Å². The summed E-state index contributed by atoms with van der Waals surface area (Å²) in [7, 11) is -3.91. The fraction of sp³-hybridized carbons (Fsp3) is 0.462. The van der Waals surface area contributed by atoms with Gasteiger partial charge in [-0.1, -0.05) is 13.8 Å². The van der Waals surface area contributed by atoms with Gasteiger partial charge in [-0.2, -0.15) is 0 Å². The highest BCUT2D eigenvalue weighted by molar-refractivity contribution is 7.89. The normalized spacial score (nSPS) is 11.7. The van der Waals surface area contributed by atoms with Gasteiger partial charge in [0.1, 0.15) is 10.7 Å². The first kappa shape index (κ1) is 17.5. The van der Waals surface area contributed by atoms with Crippen LogP contribution in [0.15, 0.2) is 23.1 Å². The van der Waals surface area contributed by atoms with E-state index in [1.807, 2.05) is 13.8 Å². The van der Waals surface area contributed by atoms with Gasteiger partial charge < -0.3 is 10.6 Å². The highest BCUT2D eigenvalue weighted by Gasteiger charge is 2.18. The van der Waals surface area contributed by atoms with Gasteiger partial charge in [0.2, 0.25) is 15.9 Å². The second-order valence-corrected chi connectivity index (χ2v) is 6.57. The van der Waals surface area contributed by atoms with Gasteiger partial charge in [-0.3, -0.25) is 4.79 Å². The Balaban J connectivity index is 2.76. The third kappa shape index (κ3) is 5.78. The van der Waals surface area contributed by atoms with E-state index in [2.05, 4.69) is 15.4 Å². The van der Waals surface area contributed by atoms with Crippen molar-refractivity contribution in [3.8, 4) is 0 Å². The molecule has 1 aromatic carbocycles. The first-order valence-electron chi connectivity index (χ1n) is 6.52. The summed E-state index contributed by atoms with van der Waals surface area (Å²) in [6, 6.07) is 3.68. The molecule has 0 aromatic heterocycles. The molecule has 3 N–H and O–H groups in total. The molecule has 0 saturated carbocycles. The number of benzene rings is 1. The van der Waals surface area contributed by atoms with Crippen molar-refractivity contribution in [2.75, 3.05) is 18.4 Å². The molecule has 6 nitrogen and oxygen atoms in total. The molecule has 1 amide bonds. The molecule has 0 atom stereocenters. The summed E-state index contributed by atoms with van der Waals surface area (Å²) in [4.78, 5) is 10.4. The molecule has 118 valence electrons. The van der Waals surface area contributed by atoms with Gasteiger partial charge in [0.05, 0.1) is 0 Å². The standard InChI is InChI=1S/C13H20FN3O3S/c1-9(2)15-6-7-16-21(19,20)13-5-4-11(8-12(13)14)17-10(3)18/h4-5,8-9,15-16H,6-7H2,1-3H3,(H,17,18). The maximum Gasteiger partial charge on any atom is 0.243 e. The zero-order valence-electron chi connectivity index (χ0n) is 12.2. The number of amides is 1. The number of anilines is 1. The molecule has 1 aromatic rings. The van der Waals surface area contributed by atoms with E-state index in [9.17, 15) is 17.6 Å². The molecule has 0 bridgehead atoms. The molecule has 0 spiro atoms. The van der Waals surface area contributed by atoms with Crippen LogP contribution in [0.5, 0.6) is 0 Å². The Bertz CT molecular complexity index is 603. The van der Waals surface area contributed by atoms with Gasteiger partial charge >= 0.3 is 0 Å². The van der Waals surface area contributed by atoms with Crippen molar-refractivity contribution in [1.82, 2.24) is 10.0 Å². The van der Waals surface area contributed by atoms with Gasteiger partial charge in [0.25, 0.3) is 0 Å². The third-order valence-electron chi connectivity index (χ3n) is 2.51. The Hall–Kier alpha value is -1.51. The molecule has 0 radical (unpaired) electrons. The number of hydrogen-bond acceptors (Lipinski definition) is 4. The smallest absolute Gasteiger partial charge is 0.243 e. The maximum atomic E-state index is 13.8. The molecule has 0 saturated heterocycles. The largest absolute Gasteiger partial charge is 0.326 e. The van der Waals surface area contributed by atoms with E-state index < -0.39 is 20.7 Å². The summed E-state index contributed by atoms with van der Waals surface area (Å²) in [6.07, 6.45) is 0.